The second-order valence-electron chi connectivity index (χ2n) is 5.41. The van der Waals surface area contributed by atoms with Gasteiger partial charge in [0.25, 0.3) is 5.91 Å². The maximum atomic E-state index is 11.9. The Bertz CT molecular complexity index is 757. The Labute approximate surface area is 151 Å². The maximum Gasteiger partial charge on any atom is 0.342 e. The fourth-order valence-corrected chi connectivity index (χ4v) is 2.21. The Morgan fingerprint density at radius 3 is 2.27 bits per heavy atom. The van der Waals surface area contributed by atoms with Crippen LogP contribution in [0.4, 0.5) is 0 Å². The number of methoxy groups -OCH3 is 2. The summed E-state index contributed by atoms with van der Waals surface area (Å²) in [6.45, 7) is -0.0105. The molecule has 0 aliphatic carbocycles. The van der Waals surface area contributed by atoms with Gasteiger partial charge in [0, 0.05) is 12.6 Å². The molecule has 7 heteroatoms. The van der Waals surface area contributed by atoms with Crippen LogP contribution in [0.25, 0.3) is 0 Å². The smallest absolute Gasteiger partial charge is 0.342 e. The number of nitrogens with one attached hydrogen (secondary N) is 1. The Morgan fingerprint density at radius 1 is 1.00 bits per heavy atom. The lowest BCUT2D eigenvalue weighted by Crippen LogP contribution is -2.30. The molecule has 0 aromatic heterocycles. The zero-order chi connectivity index (χ0) is 18.9. The molecule has 0 saturated carbocycles. The summed E-state index contributed by atoms with van der Waals surface area (Å²) < 4.78 is 14.9. The summed E-state index contributed by atoms with van der Waals surface area (Å²) in [6, 6.07) is 11.7. The molecule has 2 N–H and O–H groups in total. The van der Waals surface area contributed by atoms with Crippen LogP contribution in [-0.4, -0.2) is 44.4 Å². The molecule has 0 aliphatic rings. The van der Waals surface area contributed by atoms with E-state index in [4.69, 9.17) is 14.2 Å². The first-order chi connectivity index (χ1) is 12.5. The Hall–Kier alpha value is -3.22. The minimum atomic E-state index is -0.782. The number of esters is 1. The molecule has 2 aromatic carbocycles. The summed E-state index contributed by atoms with van der Waals surface area (Å²) in [5, 5.41) is 12.4. The highest BCUT2D eigenvalue weighted by Gasteiger charge is 2.15. The molecular weight excluding hydrogens is 338 g/mol. The van der Waals surface area contributed by atoms with E-state index in [1.54, 1.807) is 7.11 Å². The first-order valence-electron chi connectivity index (χ1n) is 7.97. The number of phenols is 1. The van der Waals surface area contributed by atoms with Crippen LogP contribution in [0.5, 0.6) is 17.2 Å². The van der Waals surface area contributed by atoms with Crippen LogP contribution in [0.2, 0.25) is 0 Å². The minimum Gasteiger partial charge on any atom is -0.507 e. The highest BCUT2D eigenvalue weighted by molar-refractivity contribution is 5.94. The Kier molecular flexibility index (Phi) is 6.84. The first-order valence-corrected chi connectivity index (χ1v) is 7.97. The second-order valence-corrected chi connectivity index (χ2v) is 5.41. The molecule has 0 atom stereocenters. The molecule has 7 nitrogen and oxygen atoms in total. The molecule has 2 rings (SSSR count). The standard InChI is InChI=1S/C19H21NO6/c1-24-14-5-3-13(4-6-14)9-10-20-18(22)12-26-19(23)16-8-7-15(25-2)11-17(16)21/h3-8,11,21H,9-10,12H2,1-2H3,(H,20,22). The summed E-state index contributed by atoms with van der Waals surface area (Å²) in [7, 11) is 3.05. The molecule has 26 heavy (non-hydrogen) atoms. The molecule has 0 saturated heterocycles. The number of rotatable bonds is 8. The quantitative estimate of drug-likeness (QED) is 0.700. The molecule has 0 spiro atoms. The molecule has 0 unspecified atom stereocenters. The lowest BCUT2D eigenvalue weighted by molar-refractivity contribution is -0.124. The van der Waals surface area contributed by atoms with Gasteiger partial charge in [0.2, 0.25) is 0 Å². The molecule has 1 amide bonds. The summed E-state index contributed by atoms with van der Waals surface area (Å²) >= 11 is 0. The van der Waals surface area contributed by atoms with Crippen molar-refractivity contribution in [2.75, 3.05) is 27.4 Å². The van der Waals surface area contributed by atoms with Crippen molar-refractivity contribution in [2.45, 2.75) is 6.42 Å². The van der Waals surface area contributed by atoms with Gasteiger partial charge in [-0.1, -0.05) is 12.1 Å². The predicted molar refractivity (Wildman–Crippen MR) is 94.6 cm³/mol. The Morgan fingerprint density at radius 2 is 1.65 bits per heavy atom. The van der Waals surface area contributed by atoms with Gasteiger partial charge in [-0.2, -0.15) is 0 Å². The number of hydrogen-bond donors (Lipinski definition) is 2. The van der Waals surface area contributed by atoms with Crippen molar-refractivity contribution in [3.05, 3.63) is 53.6 Å². The molecule has 0 bridgehead atoms. The van der Waals surface area contributed by atoms with Crippen molar-refractivity contribution in [1.29, 1.82) is 0 Å². The lowest BCUT2D eigenvalue weighted by atomic mass is 10.1. The van der Waals surface area contributed by atoms with Crippen molar-refractivity contribution >= 4 is 11.9 Å². The fraction of sp³-hybridized carbons (Fsp3) is 0.263. The van der Waals surface area contributed by atoms with Crippen LogP contribution in [0.3, 0.4) is 0 Å². The van der Waals surface area contributed by atoms with E-state index in [-0.39, 0.29) is 11.3 Å². The number of carbonyl (C=O) groups excluding carboxylic acids is 2. The molecule has 0 heterocycles. The van der Waals surface area contributed by atoms with Crippen LogP contribution in [0.1, 0.15) is 15.9 Å². The maximum absolute atomic E-state index is 11.9. The number of carbonyl (C=O) groups is 2. The number of amides is 1. The average molecular weight is 359 g/mol. The van der Waals surface area contributed by atoms with Gasteiger partial charge in [-0.3, -0.25) is 4.79 Å². The number of phenolic OH excluding ortho intramolecular Hbond substituents is 1. The number of ether oxygens (including phenoxy) is 3. The number of aromatic hydroxyl groups is 1. The highest BCUT2D eigenvalue weighted by atomic mass is 16.5. The topological polar surface area (TPSA) is 94.1 Å². The summed E-state index contributed by atoms with van der Waals surface area (Å²) in [5.41, 5.74) is 1.02. The molecule has 138 valence electrons. The van der Waals surface area contributed by atoms with Crippen molar-refractivity contribution in [3.8, 4) is 17.2 Å². The van der Waals surface area contributed by atoms with Gasteiger partial charge in [0.05, 0.1) is 14.2 Å². The lowest BCUT2D eigenvalue weighted by Gasteiger charge is -2.09. The van der Waals surface area contributed by atoms with Crippen molar-refractivity contribution in [2.24, 2.45) is 0 Å². The molecule has 0 fully saturated rings. The van der Waals surface area contributed by atoms with Crippen LogP contribution in [0.15, 0.2) is 42.5 Å². The third kappa shape index (κ3) is 5.41. The molecule has 2 aromatic rings. The van der Waals surface area contributed by atoms with Crippen LogP contribution >= 0.6 is 0 Å². The van der Waals surface area contributed by atoms with Gasteiger partial charge in [0.1, 0.15) is 22.8 Å². The normalized spacial score (nSPS) is 10.1. The summed E-state index contributed by atoms with van der Waals surface area (Å²) in [5.74, 6) is -0.286. The van der Waals surface area contributed by atoms with E-state index in [0.717, 1.165) is 11.3 Å². The first kappa shape index (κ1) is 19.1. The van der Waals surface area contributed by atoms with Crippen LogP contribution in [0, 0.1) is 0 Å². The van der Waals surface area contributed by atoms with E-state index in [0.29, 0.717) is 18.7 Å². The van der Waals surface area contributed by atoms with E-state index in [1.165, 1.54) is 25.3 Å². The monoisotopic (exact) mass is 359 g/mol. The molecule has 0 aliphatic heterocycles. The predicted octanol–water partition coefficient (Wildman–Crippen LogP) is 1.93. The van der Waals surface area contributed by atoms with E-state index in [9.17, 15) is 14.7 Å². The van der Waals surface area contributed by atoms with Gasteiger partial charge in [0.15, 0.2) is 6.61 Å². The number of benzene rings is 2. The number of hydrogen-bond acceptors (Lipinski definition) is 6. The minimum absolute atomic E-state index is 0.0307. The largest absolute Gasteiger partial charge is 0.507 e. The van der Waals surface area contributed by atoms with E-state index >= 15 is 0 Å². The van der Waals surface area contributed by atoms with Gasteiger partial charge in [-0.05, 0) is 36.2 Å². The second kappa shape index (κ2) is 9.31. The van der Waals surface area contributed by atoms with Crippen LogP contribution in [-0.2, 0) is 16.0 Å². The summed E-state index contributed by atoms with van der Waals surface area (Å²) in [6.07, 6.45) is 0.642. The third-order valence-corrected chi connectivity index (χ3v) is 3.65. The third-order valence-electron chi connectivity index (χ3n) is 3.65. The van der Waals surface area contributed by atoms with E-state index in [1.807, 2.05) is 24.3 Å². The van der Waals surface area contributed by atoms with E-state index in [2.05, 4.69) is 5.32 Å². The zero-order valence-corrected chi connectivity index (χ0v) is 14.7. The van der Waals surface area contributed by atoms with Crippen molar-refractivity contribution in [3.63, 3.8) is 0 Å². The zero-order valence-electron chi connectivity index (χ0n) is 14.7. The average Bonchev–Trinajstić information content (AvgIpc) is 2.66. The Balaban J connectivity index is 1.74. The van der Waals surface area contributed by atoms with Gasteiger partial charge < -0.3 is 24.6 Å². The van der Waals surface area contributed by atoms with Crippen molar-refractivity contribution in [1.82, 2.24) is 5.32 Å². The fourth-order valence-electron chi connectivity index (χ4n) is 2.21. The van der Waals surface area contributed by atoms with Gasteiger partial charge in [-0.25, -0.2) is 4.79 Å². The molecule has 0 radical (unpaired) electrons. The van der Waals surface area contributed by atoms with Gasteiger partial charge >= 0.3 is 5.97 Å². The molecular formula is C19H21NO6. The van der Waals surface area contributed by atoms with E-state index < -0.39 is 18.5 Å². The summed E-state index contributed by atoms with van der Waals surface area (Å²) in [4.78, 5) is 23.7. The SMILES string of the molecule is COc1ccc(CCNC(=O)COC(=O)c2ccc(OC)cc2O)cc1. The van der Waals surface area contributed by atoms with Gasteiger partial charge in [-0.15, -0.1) is 0 Å². The van der Waals surface area contributed by atoms with Crippen molar-refractivity contribution < 1.29 is 28.9 Å². The van der Waals surface area contributed by atoms with Crippen LogP contribution < -0.4 is 14.8 Å². The highest BCUT2D eigenvalue weighted by Crippen LogP contribution is 2.23.